The number of nitrogens with zero attached hydrogens (tertiary/aromatic N) is 2. The van der Waals surface area contributed by atoms with E-state index < -0.39 is 0 Å². The van der Waals surface area contributed by atoms with Gasteiger partial charge in [0.2, 0.25) is 11.8 Å². The van der Waals surface area contributed by atoms with Crippen LogP contribution in [0.1, 0.15) is 12.0 Å². The molecule has 108 valence electrons. The van der Waals surface area contributed by atoms with Crippen LogP contribution in [0.15, 0.2) is 29.4 Å². The van der Waals surface area contributed by atoms with Crippen LogP contribution in [-0.4, -0.2) is 22.1 Å². The van der Waals surface area contributed by atoms with Crippen LogP contribution in [0.5, 0.6) is 11.6 Å². The fourth-order valence-corrected chi connectivity index (χ4v) is 2.49. The highest BCUT2D eigenvalue weighted by atomic mass is 32.2. The molecule has 1 aliphatic rings. The molecule has 0 aliphatic carbocycles. The first-order valence-electron chi connectivity index (χ1n) is 6.43. The Morgan fingerprint density at radius 2 is 2.14 bits per heavy atom. The molecule has 1 aromatic heterocycles. The van der Waals surface area contributed by atoms with Crippen molar-refractivity contribution >= 4 is 29.2 Å². The van der Waals surface area contributed by atoms with E-state index in [2.05, 4.69) is 15.3 Å². The number of nitrogens with two attached hydrogens (primary N) is 1. The van der Waals surface area contributed by atoms with Crippen molar-refractivity contribution in [3.8, 4) is 11.6 Å². The summed E-state index contributed by atoms with van der Waals surface area (Å²) in [6, 6.07) is 7.12. The molecule has 0 bridgehead atoms. The van der Waals surface area contributed by atoms with Crippen LogP contribution in [-0.2, 0) is 11.2 Å². The van der Waals surface area contributed by atoms with Gasteiger partial charge in [0.05, 0.1) is 0 Å². The summed E-state index contributed by atoms with van der Waals surface area (Å²) in [4.78, 5) is 19.7. The lowest BCUT2D eigenvalue weighted by molar-refractivity contribution is -0.116. The minimum atomic E-state index is 0.0457. The molecule has 3 rings (SSSR count). The van der Waals surface area contributed by atoms with E-state index in [0.29, 0.717) is 35.4 Å². The van der Waals surface area contributed by atoms with E-state index in [1.165, 1.54) is 11.8 Å². The van der Waals surface area contributed by atoms with Crippen molar-refractivity contribution in [3.05, 3.63) is 29.8 Å². The number of carbonyl (C=O) groups is 1. The molecular weight excluding hydrogens is 288 g/mol. The van der Waals surface area contributed by atoms with Crippen molar-refractivity contribution in [1.82, 2.24) is 9.97 Å². The zero-order valence-electron chi connectivity index (χ0n) is 11.4. The van der Waals surface area contributed by atoms with Crippen molar-refractivity contribution in [2.45, 2.75) is 18.0 Å². The van der Waals surface area contributed by atoms with E-state index in [1.54, 1.807) is 12.1 Å². The molecule has 2 heterocycles. The zero-order valence-corrected chi connectivity index (χ0v) is 12.2. The van der Waals surface area contributed by atoms with Gasteiger partial charge in [-0.15, -0.1) is 0 Å². The van der Waals surface area contributed by atoms with Crippen LogP contribution in [0.25, 0.3) is 0 Å². The van der Waals surface area contributed by atoms with Gasteiger partial charge in [0, 0.05) is 18.2 Å². The number of ether oxygens (including phenoxy) is 1. The molecule has 0 atom stereocenters. The minimum absolute atomic E-state index is 0.0457. The summed E-state index contributed by atoms with van der Waals surface area (Å²) in [5.41, 5.74) is 7.62. The van der Waals surface area contributed by atoms with E-state index in [1.807, 2.05) is 18.4 Å². The van der Waals surface area contributed by atoms with Gasteiger partial charge in [-0.1, -0.05) is 11.8 Å². The standard InChI is InChI=1S/C14H14N4O2S/c1-21-14-17-11(15)7-13(18-14)20-9-3-4-10-8(6-9)2-5-12(19)16-10/h3-4,6-7H,2,5H2,1H3,(H,16,19)(H2,15,17,18). The number of rotatable bonds is 3. The number of amides is 1. The molecule has 3 N–H and O–H groups in total. The van der Waals surface area contributed by atoms with E-state index in [0.717, 1.165) is 11.3 Å². The SMILES string of the molecule is CSc1nc(N)cc(Oc2ccc3c(c2)CCC(=O)N3)n1. The van der Waals surface area contributed by atoms with E-state index in [-0.39, 0.29) is 5.91 Å². The smallest absolute Gasteiger partial charge is 0.225 e. The lowest BCUT2D eigenvalue weighted by Gasteiger charge is -2.17. The van der Waals surface area contributed by atoms with Gasteiger partial charge in [0.1, 0.15) is 11.6 Å². The highest BCUT2D eigenvalue weighted by Gasteiger charge is 2.15. The topological polar surface area (TPSA) is 90.1 Å². The molecule has 1 aromatic carbocycles. The van der Waals surface area contributed by atoms with Gasteiger partial charge in [-0.3, -0.25) is 4.79 Å². The van der Waals surface area contributed by atoms with Crippen LogP contribution in [0.2, 0.25) is 0 Å². The average Bonchev–Trinajstić information content (AvgIpc) is 2.47. The number of anilines is 2. The highest BCUT2D eigenvalue weighted by Crippen LogP contribution is 2.29. The van der Waals surface area contributed by atoms with Crippen molar-refractivity contribution in [2.75, 3.05) is 17.3 Å². The normalized spacial score (nSPS) is 13.5. The zero-order chi connectivity index (χ0) is 14.8. The molecule has 6 nitrogen and oxygen atoms in total. The number of fused-ring (bicyclic) bond motifs is 1. The molecule has 1 aliphatic heterocycles. The second-order valence-corrected chi connectivity index (χ2v) is 5.36. The Morgan fingerprint density at radius 1 is 1.29 bits per heavy atom. The predicted molar refractivity (Wildman–Crippen MR) is 81.7 cm³/mol. The van der Waals surface area contributed by atoms with Gasteiger partial charge < -0.3 is 15.8 Å². The Balaban J connectivity index is 1.85. The van der Waals surface area contributed by atoms with E-state index in [9.17, 15) is 4.79 Å². The van der Waals surface area contributed by atoms with Crippen molar-refractivity contribution in [1.29, 1.82) is 0 Å². The van der Waals surface area contributed by atoms with Crippen molar-refractivity contribution in [3.63, 3.8) is 0 Å². The number of aromatic nitrogens is 2. The van der Waals surface area contributed by atoms with Gasteiger partial charge in [-0.05, 0) is 36.4 Å². The Kier molecular flexibility index (Phi) is 3.66. The number of hydrogen-bond acceptors (Lipinski definition) is 6. The van der Waals surface area contributed by atoms with Crippen molar-refractivity contribution in [2.24, 2.45) is 0 Å². The molecule has 0 fully saturated rings. The molecule has 0 radical (unpaired) electrons. The molecule has 0 saturated carbocycles. The number of carbonyl (C=O) groups excluding carboxylic acids is 1. The Labute approximate surface area is 126 Å². The highest BCUT2D eigenvalue weighted by molar-refractivity contribution is 7.98. The lowest BCUT2D eigenvalue weighted by Crippen LogP contribution is -2.18. The lowest BCUT2D eigenvalue weighted by atomic mass is 10.0. The molecule has 1 amide bonds. The van der Waals surface area contributed by atoms with Gasteiger partial charge in [-0.2, -0.15) is 4.98 Å². The Bertz CT molecular complexity index is 705. The first kappa shape index (κ1) is 13.7. The van der Waals surface area contributed by atoms with Crippen LogP contribution >= 0.6 is 11.8 Å². The van der Waals surface area contributed by atoms with Gasteiger partial charge >= 0.3 is 0 Å². The predicted octanol–water partition coefficient (Wildman–Crippen LogP) is 2.46. The van der Waals surface area contributed by atoms with E-state index in [4.69, 9.17) is 10.5 Å². The summed E-state index contributed by atoms with van der Waals surface area (Å²) in [6.07, 6.45) is 3.08. The molecule has 0 saturated heterocycles. The Morgan fingerprint density at radius 3 is 2.95 bits per heavy atom. The average molecular weight is 302 g/mol. The molecular formula is C14H14N4O2S. The van der Waals surface area contributed by atoms with Crippen LogP contribution in [0, 0.1) is 0 Å². The van der Waals surface area contributed by atoms with Crippen LogP contribution in [0.3, 0.4) is 0 Å². The fourth-order valence-electron chi connectivity index (χ4n) is 2.11. The third kappa shape index (κ3) is 3.08. The number of thioether (sulfide) groups is 1. The third-order valence-electron chi connectivity index (χ3n) is 3.08. The quantitative estimate of drug-likeness (QED) is 0.668. The fraction of sp³-hybridized carbons (Fsp3) is 0.214. The first-order chi connectivity index (χ1) is 10.1. The summed E-state index contributed by atoms with van der Waals surface area (Å²) >= 11 is 1.40. The minimum Gasteiger partial charge on any atom is -0.439 e. The van der Waals surface area contributed by atoms with Gasteiger partial charge in [0.15, 0.2) is 5.16 Å². The number of aryl methyl sites for hydroxylation is 1. The summed E-state index contributed by atoms with van der Waals surface area (Å²) < 4.78 is 5.74. The summed E-state index contributed by atoms with van der Waals surface area (Å²) in [5, 5.41) is 3.40. The second-order valence-electron chi connectivity index (χ2n) is 4.59. The summed E-state index contributed by atoms with van der Waals surface area (Å²) in [5.74, 6) is 1.49. The second kappa shape index (κ2) is 5.61. The van der Waals surface area contributed by atoms with Crippen LogP contribution in [0.4, 0.5) is 11.5 Å². The van der Waals surface area contributed by atoms with E-state index >= 15 is 0 Å². The van der Waals surface area contributed by atoms with Crippen molar-refractivity contribution < 1.29 is 9.53 Å². The molecule has 0 unspecified atom stereocenters. The van der Waals surface area contributed by atoms with Gasteiger partial charge in [-0.25, -0.2) is 4.98 Å². The molecule has 21 heavy (non-hydrogen) atoms. The maximum absolute atomic E-state index is 11.3. The largest absolute Gasteiger partial charge is 0.439 e. The maximum atomic E-state index is 11.3. The molecule has 2 aromatic rings. The number of benzene rings is 1. The maximum Gasteiger partial charge on any atom is 0.225 e. The number of nitrogens with one attached hydrogen (secondary N) is 1. The monoisotopic (exact) mass is 302 g/mol. The summed E-state index contributed by atoms with van der Waals surface area (Å²) in [6.45, 7) is 0. The Hall–Kier alpha value is -2.28. The third-order valence-corrected chi connectivity index (χ3v) is 3.63. The van der Waals surface area contributed by atoms with Crippen LogP contribution < -0.4 is 15.8 Å². The first-order valence-corrected chi connectivity index (χ1v) is 7.66. The molecule has 7 heteroatoms. The number of nitrogen functional groups attached to an aromatic ring is 1. The molecule has 0 spiro atoms. The summed E-state index contributed by atoms with van der Waals surface area (Å²) in [7, 11) is 0. The van der Waals surface area contributed by atoms with Gasteiger partial charge in [0.25, 0.3) is 0 Å². The number of hydrogen-bond donors (Lipinski definition) is 2.